The second-order valence-electron chi connectivity index (χ2n) is 3.62. The molecular weight excluding hydrogens is 332 g/mol. The SMILES string of the molecule is COc1ccc(C(=O)O)c(Oc2nc[nH]c(=O)c2Br)c1. The standard InChI is InChI=1S/C12H9BrN2O5/c1-19-6-2-3-7(12(17)18)8(4-6)20-11-9(13)10(16)14-5-15-11/h2-5H,1H3,(H,17,18)(H,14,15,16). The van der Waals surface area contributed by atoms with Crippen LogP contribution in [0.15, 0.2) is 33.8 Å². The molecule has 0 amide bonds. The second-order valence-corrected chi connectivity index (χ2v) is 4.41. The number of benzene rings is 1. The number of aromatic nitrogens is 2. The molecule has 2 aromatic rings. The average Bonchev–Trinajstić information content (AvgIpc) is 2.43. The fourth-order valence-corrected chi connectivity index (χ4v) is 1.73. The lowest BCUT2D eigenvalue weighted by Gasteiger charge is -2.10. The summed E-state index contributed by atoms with van der Waals surface area (Å²) in [5, 5.41) is 9.11. The third kappa shape index (κ3) is 2.80. The minimum absolute atomic E-state index is 0.0238. The first-order valence-electron chi connectivity index (χ1n) is 5.35. The molecule has 1 aromatic heterocycles. The molecule has 20 heavy (non-hydrogen) atoms. The predicted molar refractivity (Wildman–Crippen MR) is 72.6 cm³/mol. The highest BCUT2D eigenvalue weighted by molar-refractivity contribution is 9.10. The van der Waals surface area contributed by atoms with E-state index in [0.717, 1.165) is 6.33 Å². The Hall–Kier alpha value is -2.35. The molecule has 0 radical (unpaired) electrons. The third-order valence-corrected chi connectivity index (χ3v) is 3.09. The second kappa shape index (κ2) is 5.74. The molecule has 0 fully saturated rings. The van der Waals surface area contributed by atoms with Gasteiger partial charge in [-0.25, -0.2) is 9.78 Å². The molecule has 0 spiro atoms. The smallest absolute Gasteiger partial charge is 0.339 e. The molecule has 0 aliphatic carbocycles. The van der Waals surface area contributed by atoms with Gasteiger partial charge in [-0.1, -0.05) is 0 Å². The molecule has 0 aliphatic rings. The molecule has 0 aliphatic heterocycles. The van der Waals surface area contributed by atoms with Gasteiger partial charge in [-0.3, -0.25) is 4.79 Å². The van der Waals surface area contributed by atoms with E-state index in [2.05, 4.69) is 25.9 Å². The number of carboxylic acids is 1. The Morgan fingerprint density at radius 1 is 1.45 bits per heavy atom. The van der Waals surface area contributed by atoms with Crippen LogP contribution in [0.5, 0.6) is 17.4 Å². The Morgan fingerprint density at radius 2 is 2.20 bits per heavy atom. The maximum atomic E-state index is 11.4. The van der Waals surface area contributed by atoms with Crippen LogP contribution in [-0.2, 0) is 0 Å². The Labute approximate surface area is 121 Å². The first-order chi connectivity index (χ1) is 9.52. The first-order valence-corrected chi connectivity index (χ1v) is 6.14. The number of aromatic carboxylic acids is 1. The van der Waals surface area contributed by atoms with Crippen molar-refractivity contribution in [2.45, 2.75) is 0 Å². The number of nitrogens with one attached hydrogen (secondary N) is 1. The molecule has 0 atom stereocenters. The summed E-state index contributed by atoms with van der Waals surface area (Å²) in [5.74, 6) is -0.755. The molecule has 1 aromatic carbocycles. The van der Waals surface area contributed by atoms with Crippen LogP contribution >= 0.6 is 15.9 Å². The van der Waals surface area contributed by atoms with E-state index in [1.54, 1.807) is 0 Å². The molecule has 2 N–H and O–H groups in total. The van der Waals surface area contributed by atoms with E-state index < -0.39 is 11.5 Å². The molecular formula is C12H9BrN2O5. The minimum atomic E-state index is -1.16. The van der Waals surface area contributed by atoms with Crippen LogP contribution in [0.4, 0.5) is 0 Å². The highest BCUT2D eigenvalue weighted by Gasteiger charge is 2.16. The third-order valence-electron chi connectivity index (χ3n) is 2.39. The summed E-state index contributed by atoms with van der Waals surface area (Å²) >= 11 is 3.02. The number of nitrogens with zero attached hydrogens (tertiary/aromatic N) is 1. The van der Waals surface area contributed by atoms with Gasteiger partial charge in [0.05, 0.1) is 13.4 Å². The van der Waals surface area contributed by atoms with Gasteiger partial charge in [0.15, 0.2) is 0 Å². The van der Waals surface area contributed by atoms with Crippen molar-refractivity contribution in [3.05, 3.63) is 44.9 Å². The molecule has 0 bridgehead atoms. The maximum Gasteiger partial charge on any atom is 0.339 e. The van der Waals surface area contributed by atoms with Gasteiger partial charge in [0, 0.05) is 6.07 Å². The molecule has 0 saturated heterocycles. The number of rotatable bonds is 4. The van der Waals surface area contributed by atoms with Crippen LogP contribution in [0.1, 0.15) is 10.4 Å². The van der Waals surface area contributed by atoms with Crippen molar-refractivity contribution in [3.63, 3.8) is 0 Å². The van der Waals surface area contributed by atoms with E-state index in [1.165, 1.54) is 25.3 Å². The molecule has 2 rings (SSSR count). The van der Waals surface area contributed by atoms with Crippen molar-refractivity contribution >= 4 is 21.9 Å². The summed E-state index contributed by atoms with van der Waals surface area (Å²) in [6, 6.07) is 4.24. The Bertz CT molecular complexity index is 713. The van der Waals surface area contributed by atoms with Crippen molar-refractivity contribution in [2.24, 2.45) is 0 Å². The number of halogens is 1. The van der Waals surface area contributed by atoms with Crippen LogP contribution < -0.4 is 15.0 Å². The summed E-state index contributed by atoms with van der Waals surface area (Å²) < 4.78 is 10.5. The number of ether oxygens (including phenoxy) is 2. The zero-order chi connectivity index (χ0) is 14.7. The van der Waals surface area contributed by atoms with E-state index in [-0.39, 0.29) is 21.7 Å². The highest BCUT2D eigenvalue weighted by Crippen LogP contribution is 2.30. The van der Waals surface area contributed by atoms with Gasteiger partial charge in [0.1, 0.15) is 21.5 Å². The normalized spacial score (nSPS) is 10.1. The predicted octanol–water partition coefficient (Wildman–Crippen LogP) is 2.03. The van der Waals surface area contributed by atoms with E-state index in [4.69, 9.17) is 14.6 Å². The van der Waals surface area contributed by atoms with Crippen molar-refractivity contribution < 1.29 is 19.4 Å². The van der Waals surface area contributed by atoms with Crippen LogP contribution in [0.2, 0.25) is 0 Å². The molecule has 7 nitrogen and oxygen atoms in total. The first kappa shape index (κ1) is 14.1. The van der Waals surface area contributed by atoms with E-state index in [9.17, 15) is 9.59 Å². The number of carbonyl (C=O) groups is 1. The van der Waals surface area contributed by atoms with E-state index >= 15 is 0 Å². The summed E-state index contributed by atoms with van der Waals surface area (Å²) in [7, 11) is 1.45. The van der Waals surface area contributed by atoms with Crippen molar-refractivity contribution in [1.82, 2.24) is 9.97 Å². The number of carboxylic acid groups (broad SMARTS) is 1. The summed E-state index contributed by atoms with van der Waals surface area (Å²) in [6.45, 7) is 0. The van der Waals surface area contributed by atoms with Crippen LogP contribution in [0, 0.1) is 0 Å². The average molecular weight is 341 g/mol. The fourth-order valence-electron chi connectivity index (χ4n) is 1.43. The van der Waals surface area contributed by atoms with Crippen LogP contribution in [0.3, 0.4) is 0 Å². The van der Waals surface area contributed by atoms with Crippen LogP contribution in [0.25, 0.3) is 0 Å². The zero-order valence-corrected chi connectivity index (χ0v) is 11.8. The molecule has 104 valence electrons. The Morgan fingerprint density at radius 3 is 2.85 bits per heavy atom. The molecule has 0 unspecified atom stereocenters. The Kier molecular flexibility index (Phi) is 4.04. The van der Waals surface area contributed by atoms with Gasteiger partial charge in [0.2, 0.25) is 5.88 Å². The number of hydrogen-bond acceptors (Lipinski definition) is 5. The maximum absolute atomic E-state index is 11.4. The lowest BCUT2D eigenvalue weighted by molar-refractivity contribution is 0.0694. The fraction of sp³-hybridized carbons (Fsp3) is 0.0833. The lowest BCUT2D eigenvalue weighted by atomic mass is 10.2. The number of H-pyrrole nitrogens is 1. The summed E-state index contributed by atoms with van der Waals surface area (Å²) in [5.41, 5.74) is -0.505. The summed E-state index contributed by atoms with van der Waals surface area (Å²) in [4.78, 5) is 28.7. The minimum Gasteiger partial charge on any atom is -0.497 e. The number of hydrogen-bond donors (Lipinski definition) is 2. The van der Waals surface area contributed by atoms with Gasteiger partial charge in [-0.05, 0) is 28.1 Å². The van der Waals surface area contributed by atoms with Crippen molar-refractivity contribution in [2.75, 3.05) is 7.11 Å². The summed E-state index contributed by atoms with van der Waals surface area (Å²) in [6.07, 6.45) is 1.16. The highest BCUT2D eigenvalue weighted by atomic mass is 79.9. The van der Waals surface area contributed by atoms with Crippen LogP contribution in [-0.4, -0.2) is 28.2 Å². The monoisotopic (exact) mass is 340 g/mol. The lowest BCUT2D eigenvalue weighted by Crippen LogP contribution is -2.09. The number of aromatic amines is 1. The zero-order valence-electron chi connectivity index (χ0n) is 10.2. The van der Waals surface area contributed by atoms with Gasteiger partial charge >= 0.3 is 5.97 Å². The largest absolute Gasteiger partial charge is 0.497 e. The quantitative estimate of drug-likeness (QED) is 0.882. The van der Waals surface area contributed by atoms with Crippen molar-refractivity contribution in [3.8, 4) is 17.4 Å². The molecule has 8 heteroatoms. The van der Waals surface area contributed by atoms with E-state index in [0.29, 0.717) is 5.75 Å². The topological polar surface area (TPSA) is 102 Å². The molecule has 0 saturated carbocycles. The van der Waals surface area contributed by atoms with Gasteiger partial charge in [-0.15, -0.1) is 0 Å². The van der Waals surface area contributed by atoms with Gasteiger partial charge in [0.25, 0.3) is 5.56 Å². The molecule has 1 heterocycles. The Balaban J connectivity index is 2.48. The number of methoxy groups -OCH3 is 1. The van der Waals surface area contributed by atoms with E-state index in [1.807, 2.05) is 0 Å². The van der Waals surface area contributed by atoms with Gasteiger partial charge in [-0.2, -0.15) is 0 Å². The van der Waals surface area contributed by atoms with Crippen molar-refractivity contribution in [1.29, 1.82) is 0 Å². The van der Waals surface area contributed by atoms with Gasteiger partial charge < -0.3 is 19.6 Å².